The molecule has 0 aliphatic carbocycles. The summed E-state index contributed by atoms with van der Waals surface area (Å²) in [5.74, 6) is 0.150. The maximum Gasteiger partial charge on any atom is 0.241 e. The van der Waals surface area contributed by atoms with E-state index in [4.69, 9.17) is 5.26 Å². The summed E-state index contributed by atoms with van der Waals surface area (Å²) in [4.78, 5) is 15.4. The van der Waals surface area contributed by atoms with E-state index in [0.29, 0.717) is 13.0 Å². The van der Waals surface area contributed by atoms with Crippen LogP contribution in [0.3, 0.4) is 0 Å². The van der Waals surface area contributed by atoms with Gasteiger partial charge in [-0.3, -0.25) is 4.79 Å². The fraction of sp³-hybridized carbons (Fsp3) is 0.385. The molecule has 0 aromatic heterocycles. The third-order valence-electron chi connectivity index (χ3n) is 3.04. The van der Waals surface area contributed by atoms with Crippen LogP contribution in [0.1, 0.15) is 5.56 Å². The topological polar surface area (TPSA) is 47.3 Å². The summed E-state index contributed by atoms with van der Waals surface area (Å²) in [7, 11) is 1.83. The molecule has 1 saturated heterocycles. The number of rotatable bonds is 2. The van der Waals surface area contributed by atoms with E-state index in [0.717, 1.165) is 24.3 Å². The summed E-state index contributed by atoms with van der Waals surface area (Å²) in [6, 6.07) is 9.97. The zero-order valence-electron chi connectivity index (χ0n) is 9.89. The zero-order chi connectivity index (χ0) is 12.3. The van der Waals surface area contributed by atoms with E-state index in [1.165, 1.54) is 0 Å². The second kappa shape index (κ2) is 4.88. The molecule has 4 nitrogen and oxygen atoms in total. The van der Waals surface area contributed by atoms with E-state index in [1.54, 1.807) is 4.90 Å². The summed E-state index contributed by atoms with van der Waals surface area (Å²) in [6.45, 7) is 2.06. The lowest BCUT2D eigenvalue weighted by Crippen LogP contribution is -2.48. The van der Waals surface area contributed by atoms with Crippen molar-refractivity contribution in [2.45, 2.75) is 6.42 Å². The quantitative estimate of drug-likeness (QED) is 0.761. The third kappa shape index (κ3) is 2.56. The molecule has 0 radical (unpaired) electrons. The van der Waals surface area contributed by atoms with Gasteiger partial charge in [-0.1, -0.05) is 12.1 Å². The Morgan fingerprint density at radius 3 is 2.59 bits per heavy atom. The van der Waals surface area contributed by atoms with Gasteiger partial charge in [-0.2, -0.15) is 5.26 Å². The lowest BCUT2D eigenvalue weighted by atomic mass is 10.1. The minimum Gasteiger partial charge on any atom is -0.360 e. The average molecular weight is 229 g/mol. The molecule has 1 fully saturated rings. The molecule has 1 aromatic carbocycles. The standard InChI is InChI=1S/C13H15N3O/c1-15-8-9-16(10-13(15)17)12-4-2-11(3-5-12)6-7-14/h2-5H,6,8-10H2,1H3. The molecular weight excluding hydrogens is 214 g/mol. The Bertz CT molecular complexity index is 447. The molecule has 0 atom stereocenters. The van der Waals surface area contributed by atoms with Gasteiger partial charge in [0.15, 0.2) is 0 Å². The van der Waals surface area contributed by atoms with Crippen LogP contribution in [0.4, 0.5) is 5.69 Å². The van der Waals surface area contributed by atoms with Crippen LogP contribution in [0.2, 0.25) is 0 Å². The van der Waals surface area contributed by atoms with Crippen molar-refractivity contribution < 1.29 is 4.79 Å². The highest BCUT2D eigenvalue weighted by Crippen LogP contribution is 2.17. The number of hydrogen-bond acceptors (Lipinski definition) is 3. The van der Waals surface area contributed by atoms with Gasteiger partial charge in [0, 0.05) is 25.8 Å². The number of anilines is 1. The molecular formula is C13H15N3O. The molecule has 17 heavy (non-hydrogen) atoms. The van der Waals surface area contributed by atoms with Gasteiger partial charge in [-0.05, 0) is 17.7 Å². The van der Waals surface area contributed by atoms with Crippen molar-refractivity contribution in [1.82, 2.24) is 4.90 Å². The van der Waals surface area contributed by atoms with Crippen LogP contribution in [0.25, 0.3) is 0 Å². The van der Waals surface area contributed by atoms with E-state index in [2.05, 4.69) is 11.0 Å². The SMILES string of the molecule is CN1CCN(c2ccc(CC#N)cc2)CC1=O. The van der Waals surface area contributed by atoms with Gasteiger partial charge in [0.25, 0.3) is 0 Å². The molecule has 1 aliphatic heterocycles. The first-order valence-corrected chi connectivity index (χ1v) is 5.65. The van der Waals surface area contributed by atoms with Crippen molar-refractivity contribution in [3.63, 3.8) is 0 Å². The van der Waals surface area contributed by atoms with E-state index in [1.807, 2.05) is 31.3 Å². The molecule has 1 heterocycles. The Labute approximate surface area is 101 Å². The number of carbonyl (C=O) groups is 1. The van der Waals surface area contributed by atoms with Crippen LogP contribution in [0.5, 0.6) is 0 Å². The summed E-state index contributed by atoms with van der Waals surface area (Å²) in [6.07, 6.45) is 0.432. The van der Waals surface area contributed by atoms with Crippen molar-refractivity contribution in [2.24, 2.45) is 0 Å². The maximum absolute atomic E-state index is 11.6. The highest BCUT2D eigenvalue weighted by Gasteiger charge is 2.20. The van der Waals surface area contributed by atoms with Crippen molar-refractivity contribution in [3.8, 4) is 6.07 Å². The number of nitriles is 1. The monoisotopic (exact) mass is 229 g/mol. The molecule has 1 amide bonds. The Kier molecular flexibility index (Phi) is 3.29. The van der Waals surface area contributed by atoms with Crippen LogP contribution in [0, 0.1) is 11.3 Å². The number of nitrogens with zero attached hydrogens (tertiary/aromatic N) is 3. The van der Waals surface area contributed by atoms with Gasteiger partial charge in [0.2, 0.25) is 5.91 Å². The highest BCUT2D eigenvalue weighted by molar-refractivity contribution is 5.82. The van der Waals surface area contributed by atoms with Crippen LogP contribution in [-0.4, -0.2) is 37.5 Å². The number of carbonyl (C=O) groups excluding carboxylic acids is 1. The summed E-state index contributed by atoms with van der Waals surface area (Å²) in [5, 5.41) is 8.59. The number of amides is 1. The molecule has 0 spiro atoms. The predicted octanol–water partition coefficient (Wildman–Crippen LogP) is 1.03. The number of piperazine rings is 1. The molecule has 1 aliphatic rings. The van der Waals surface area contributed by atoms with Crippen LogP contribution in [-0.2, 0) is 11.2 Å². The number of hydrogen-bond donors (Lipinski definition) is 0. The second-order valence-corrected chi connectivity index (χ2v) is 4.24. The van der Waals surface area contributed by atoms with E-state index < -0.39 is 0 Å². The maximum atomic E-state index is 11.6. The fourth-order valence-electron chi connectivity index (χ4n) is 1.89. The summed E-state index contributed by atoms with van der Waals surface area (Å²) >= 11 is 0. The van der Waals surface area contributed by atoms with Gasteiger partial charge >= 0.3 is 0 Å². The molecule has 0 bridgehead atoms. The first-order valence-electron chi connectivity index (χ1n) is 5.65. The van der Waals surface area contributed by atoms with Crippen molar-refractivity contribution in [1.29, 1.82) is 5.26 Å². The smallest absolute Gasteiger partial charge is 0.241 e. The Hall–Kier alpha value is -2.02. The molecule has 4 heteroatoms. The summed E-state index contributed by atoms with van der Waals surface area (Å²) < 4.78 is 0. The van der Waals surface area contributed by atoms with Crippen LogP contribution < -0.4 is 4.90 Å². The van der Waals surface area contributed by atoms with Crippen LogP contribution in [0.15, 0.2) is 24.3 Å². The van der Waals surface area contributed by atoms with E-state index >= 15 is 0 Å². The van der Waals surface area contributed by atoms with Crippen molar-refractivity contribution >= 4 is 11.6 Å². The normalized spacial score (nSPS) is 15.9. The Balaban J connectivity index is 2.08. The van der Waals surface area contributed by atoms with Gasteiger partial charge in [-0.15, -0.1) is 0 Å². The lowest BCUT2D eigenvalue weighted by molar-refractivity contribution is -0.129. The first-order chi connectivity index (χ1) is 8.20. The largest absolute Gasteiger partial charge is 0.360 e. The van der Waals surface area contributed by atoms with Gasteiger partial charge in [0.1, 0.15) is 0 Å². The van der Waals surface area contributed by atoms with E-state index in [-0.39, 0.29) is 5.91 Å². The average Bonchev–Trinajstić information content (AvgIpc) is 2.34. The lowest BCUT2D eigenvalue weighted by Gasteiger charge is -2.33. The molecule has 0 saturated carbocycles. The van der Waals surface area contributed by atoms with Gasteiger partial charge in [0.05, 0.1) is 19.0 Å². The minimum atomic E-state index is 0.150. The van der Waals surface area contributed by atoms with Crippen molar-refractivity contribution in [3.05, 3.63) is 29.8 Å². The Morgan fingerprint density at radius 2 is 2.00 bits per heavy atom. The highest BCUT2D eigenvalue weighted by atomic mass is 16.2. The van der Waals surface area contributed by atoms with Crippen LogP contribution >= 0.6 is 0 Å². The zero-order valence-corrected chi connectivity index (χ0v) is 9.89. The third-order valence-corrected chi connectivity index (χ3v) is 3.04. The minimum absolute atomic E-state index is 0.150. The van der Waals surface area contributed by atoms with E-state index in [9.17, 15) is 4.79 Å². The molecule has 0 unspecified atom stereocenters. The molecule has 0 N–H and O–H groups in total. The molecule has 88 valence electrons. The predicted molar refractivity (Wildman–Crippen MR) is 65.6 cm³/mol. The van der Waals surface area contributed by atoms with Gasteiger partial charge in [-0.25, -0.2) is 0 Å². The molecule has 2 rings (SSSR count). The number of benzene rings is 1. The Morgan fingerprint density at radius 1 is 1.29 bits per heavy atom. The second-order valence-electron chi connectivity index (χ2n) is 4.24. The van der Waals surface area contributed by atoms with Crippen molar-refractivity contribution in [2.75, 3.05) is 31.6 Å². The molecule has 1 aromatic rings. The fourth-order valence-corrected chi connectivity index (χ4v) is 1.89. The summed E-state index contributed by atoms with van der Waals surface area (Å²) in [5.41, 5.74) is 2.06. The number of likely N-dealkylation sites (N-methyl/N-ethyl adjacent to an activating group) is 1. The first kappa shape index (κ1) is 11.5. The van der Waals surface area contributed by atoms with Gasteiger partial charge < -0.3 is 9.80 Å².